The molecule has 2 rings (SSSR count). The van der Waals surface area contributed by atoms with E-state index in [4.69, 9.17) is 5.11 Å². The van der Waals surface area contributed by atoms with Gasteiger partial charge in [-0.15, -0.1) is 0 Å². The molecule has 2 heterocycles. The number of aromatic carboxylic acids is 1. The van der Waals surface area contributed by atoms with Gasteiger partial charge >= 0.3 is 5.97 Å². The number of piperazine rings is 1. The number of rotatable bonds is 3. The van der Waals surface area contributed by atoms with Crippen LogP contribution < -0.4 is 5.32 Å². The highest BCUT2D eigenvalue weighted by Crippen LogP contribution is 2.15. The van der Waals surface area contributed by atoms with Gasteiger partial charge < -0.3 is 15.3 Å². The number of nitrogens with one attached hydrogen (secondary N) is 1. The molecule has 0 saturated carbocycles. The second-order valence-corrected chi connectivity index (χ2v) is 4.42. The Balaban J connectivity index is 2.35. The molecule has 2 N–H and O–H groups in total. The van der Waals surface area contributed by atoms with Crippen LogP contribution in [0.15, 0.2) is 18.3 Å². The summed E-state index contributed by atoms with van der Waals surface area (Å²) in [5.41, 5.74) is -0.286. The van der Waals surface area contributed by atoms with Crippen molar-refractivity contribution in [2.24, 2.45) is 0 Å². The van der Waals surface area contributed by atoms with Gasteiger partial charge in [-0.1, -0.05) is 6.92 Å². The quantitative estimate of drug-likeness (QED) is 0.818. The van der Waals surface area contributed by atoms with Crippen molar-refractivity contribution >= 4 is 17.8 Å². The number of hydrogen-bond donors (Lipinski definition) is 2. The van der Waals surface area contributed by atoms with E-state index in [0.717, 1.165) is 0 Å². The lowest BCUT2D eigenvalue weighted by molar-refractivity contribution is -0.127. The van der Waals surface area contributed by atoms with Gasteiger partial charge in [-0.3, -0.25) is 14.6 Å². The lowest BCUT2D eigenvalue weighted by Crippen LogP contribution is -2.57. The Morgan fingerprint density at radius 3 is 2.95 bits per heavy atom. The van der Waals surface area contributed by atoms with Crippen LogP contribution in [0.3, 0.4) is 0 Å². The van der Waals surface area contributed by atoms with Crippen LogP contribution in [0.25, 0.3) is 0 Å². The van der Waals surface area contributed by atoms with Gasteiger partial charge in [-0.2, -0.15) is 0 Å². The predicted molar refractivity (Wildman–Crippen MR) is 69.3 cm³/mol. The molecular formula is C13H15N3O4. The Hall–Kier alpha value is -2.44. The molecule has 0 radical (unpaired) electrons. The minimum Gasteiger partial charge on any atom is -0.478 e. The lowest BCUT2D eigenvalue weighted by atomic mass is 10.1. The minimum atomic E-state index is -1.21. The lowest BCUT2D eigenvalue weighted by Gasteiger charge is -2.34. The fourth-order valence-corrected chi connectivity index (χ4v) is 2.25. The third-order valence-corrected chi connectivity index (χ3v) is 3.22. The summed E-state index contributed by atoms with van der Waals surface area (Å²) in [6.45, 7) is 2.50. The number of amides is 2. The number of hydrogen-bond acceptors (Lipinski definition) is 4. The fourth-order valence-electron chi connectivity index (χ4n) is 2.25. The molecule has 1 aromatic heterocycles. The molecular weight excluding hydrogens is 262 g/mol. The highest BCUT2D eigenvalue weighted by Gasteiger charge is 2.34. The van der Waals surface area contributed by atoms with E-state index in [1.165, 1.54) is 23.2 Å². The monoisotopic (exact) mass is 277 g/mol. The Morgan fingerprint density at radius 1 is 1.55 bits per heavy atom. The fraction of sp³-hybridized carbons (Fsp3) is 0.385. The maximum atomic E-state index is 12.5. The summed E-state index contributed by atoms with van der Waals surface area (Å²) in [6.07, 6.45) is 1.83. The smallest absolute Gasteiger partial charge is 0.338 e. The Bertz CT molecular complexity index is 558. The van der Waals surface area contributed by atoms with E-state index in [-0.39, 0.29) is 17.2 Å². The van der Waals surface area contributed by atoms with Gasteiger partial charge in [0.25, 0.3) is 5.91 Å². The van der Waals surface area contributed by atoms with Crippen LogP contribution in [0.4, 0.5) is 0 Å². The van der Waals surface area contributed by atoms with Crippen LogP contribution in [0, 0.1) is 0 Å². The number of nitrogens with zero attached hydrogens (tertiary/aromatic N) is 2. The number of carboxylic acids is 1. The molecule has 1 unspecified atom stereocenters. The van der Waals surface area contributed by atoms with Crippen molar-refractivity contribution in [2.75, 3.05) is 13.1 Å². The second-order valence-electron chi connectivity index (χ2n) is 4.42. The summed E-state index contributed by atoms with van der Waals surface area (Å²) in [5, 5.41) is 11.8. The van der Waals surface area contributed by atoms with Crippen molar-refractivity contribution in [1.29, 1.82) is 0 Å². The average Bonchev–Trinajstić information content (AvgIpc) is 2.46. The van der Waals surface area contributed by atoms with E-state index in [0.29, 0.717) is 19.5 Å². The van der Waals surface area contributed by atoms with Crippen LogP contribution in [0.5, 0.6) is 0 Å². The molecule has 7 heteroatoms. The number of aromatic nitrogens is 1. The third-order valence-electron chi connectivity index (χ3n) is 3.22. The minimum absolute atomic E-state index is 0.131. The number of carbonyl (C=O) groups is 3. The molecule has 2 amide bonds. The molecule has 1 aliphatic heterocycles. The van der Waals surface area contributed by atoms with E-state index in [9.17, 15) is 14.4 Å². The highest BCUT2D eigenvalue weighted by molar-refractivity contribution is 6.04. The topological polar surface area (TPSA) is 99.6 Å². The zero-order chi connectivity index (χ0) is 14.7. The molecule has 0 aliphatic carbocycles. The molecule has 0 bridgehead atoms. The van der Waals surface area contributed by atoms with Gasteiger partial charge in [0.2, 0.25) is 5.91 Å². The van der Waals surface area contributed by atoms with Crippen LogP contribution in [0.2, 0.25) is 0 Å². The maximum absolute atomic E-state index is 12.5. The Labute approximate surface area is 115 Å². The van der Waals surface area contributed by atoms with Gasteiger partial charge in [-0.05, 0) is 18.6 Å². The van der Waals surface area contributed by atoms with E-state index < -0.39 is 17.9 Å². The molecule has 1 aromatic rings. The van der Waals surface area contributed by atoms with Crippen molar-refractivity contribution in [3.8, 4) is 0 Å². The average molecular weight is 277 g/mol. The summed E-state index contributed by atoms with van der Waals surface area (Å²) in [4.78, 5) is 40.6. The first-order valence-electron chi connectivity index (χ1n) is 6.33. The van der Waals surface area contributed by atoms with Gasteiger partial charge in [0.05, 0.1) is 5.56 Å². The standard InChI is InChI=1S/C13H15N3O4/c1-2-9-11(17)15-6-7-16(9)12(18)10-8(13(19)20)4-3-5-14-10/h3-5,9H,2,6-7H2,1H3,(H,15,17)(H,19,20). The van der Waals surface area contributed by atoms with Gasteiger partial charge in [0, 0.05) is 19.3 Å². The van der Waals surface area contributed by atoms with Gasteiger partial charge in [-0.25, -0.2) is 4.79 Å². The summed E-state index contributed by atoms with van der Waals surface area (Å²) in [6, 6.07) is 2.20. The first-order valence-corrected chi connectivity index (χ1v) is 6.33. The molecule has 1 fully saturated rings. The molecule has 106 valence electrons. The molecule has 1 aliphatic rings. The highest BCUT2D eigenvalue weighted by atomic mass is 16.4. The summed E-state index contributed by atoms with van der Waals surface area (Å²) >= 11 is 0. The summed E-state index contributed by atoms with van der Waals surface area (Å²) < 4.78 is 0. The van der Waals surface area contributed by atoms with E-state index in [1.807, 2.05) is 0 Å². The summed E-state index contributed by atoms with van der Waals surface area (Å²) in [5.74, 6) is -1.96. The number of carboxylic acid groups (broad SMARTS) is 1. The third kappa shape index (κ3) is 2.47. The normalized spacial score (nSPS) is 18.6. The molecule has 0 aromatic carbocycles. The van der Waals surface area contributed by atoms with Crippen molar-refractivity contribution in [1.82, 2.24) is 15.2 Å². The van der Waals surface area contributed by atoms with Crippen molar-refractivity contribution in [3.63, 3.8) is 0 Å². The molecule has 7 nitrogen and oxygen atoms in total. The molecule has 20 heavy (non-hydrogen) atoms. The van der Waals surface area contributed by atoms with Crippen LogP contribution in [0.1, 0.15) is 34.2 Å². The summed E-state index contributed by atoms with van der Waals surface area (Å²) in [7, 11) is 0. The Morgan fingerprint density at radius 2 is 2.30 bits per heavy atom. The van der Waals surface area contributed by atoms with E-state index in [1.54, 1.807) is 6.92 Å². The largest absolute Gasteiger partial charge is 0.478 e. The first kappa shape index (κ1) is 14.0. The van der Waals surface area contributed by atoms with Crippen LogP contribution in [-0.2, 0) is 4.79 Å². The maximum Gasteiger partial charge on any atom is 0.338 e. The zero-order valence-corrected chi connectivity index (χ0v) is 11.0. The molecule has 0 spiro atoms. The molecule has 1 atom stereocenters. The van der Waals surface area contributed by atoms with E-state index >= 15 is 0 Å². The van der Waals surface area contributed by atoms with E-state index in [2.05, 4.69) is 10.3 Å². The zero-order valence-electron chi connectivity index (χ0n) is 11.0. The second kappa shape index (κ2) is 5.68. The number of pyridine rings is 1. The molecule has 1 saturated heterocycles. The number of carbonyl (C=O) groups excluding carboxylic acids is 2. The van der Waals surface area contributed by atoms with Crippen molar-refractivity contribution in [2.45, 2.75) is 19.4 Å². The van der Waals surface area contributed by atoms with Gasteiger partial charge in [0.1, 0.15) is 11.7 Å². The van der Waals surface area contributed by atoms with Crippen LogP contribution in [-0.4, -0.2) is 51.9 Å². The van der Waals surface area contributed by atoms with Crippen molar-refractivity contribution < 1.29 is 19.5 Å². The SMILES string of the molecule is CCC1C(=O)NCCN1C(=O)c1ncccc1C(=O)O. The van der Waals surface area contributed by atoms with Crippen LogP contribution >= 0.6 is 0 Å². The first-order chi connectivity index (χ1) is 9.56. The van der Waals surface area contributed by atoms with Crippen molar-refractivity contribution in [3.05, 3.63) is 29.6 Å². The Kier molecular flexibility index (Phi) is 3.97. The predicted octanol–water partition coefficient (Wildman–Crippen LogP) is 0.130. The van der Waals surface area contributed by atoms with Gasteiger partial charge in [0.15, 0.2) is 0 Å².